The zero-order chi connectivity index (χ0) is 20.9. The Morgan fingerprint density at radius 2 is 1.87 bits per heavy atom. The molecule has 0 aliphatic heterocycles. The van der Waals surface area contributed by atoms with Gasteiger partial charge in [-0.25, -0.2) is 9.78 Å². The molecule has 0 unspecified atom stereocenters. The van der Waals surface area contributed by atoms with Crippen molar-refractivity contribution in [2.45, 2.75) is 13.5 Å². The van der Waals surface area contributed by atoms with E-state index in [1.165, 1.54) is 0 Å². The zero-order valence-electron chi connectivity index (χ0n) is 16.3. The number of urea groups is 1. The van der Waals surface area contributed by atoms with E-state index in [4.69, 9.17) is 0 Å². The molecule has 2 aromatic carbocycles. The number of imidazole rings is 1. The Morgan fingerprint density at radius 3 is 2.70 bits per heavy atom. The molecular weight excluding hydrogens is 442 g/mol. The Morgan fingerprint density at radius 1 is 1.03 bits per heavy atom. The van der Waals surface area contributed by atoms with Crippen LogP contribution in [0, 0.1) is 6.92 Å². The minimum atomic E-state index is -0.284. The number of rotatable bonds is 5. The van der Waals surface area contributed by atoms with Crippen molar-refractivity contribution in [3.8, 4) is 11.4 Å². The highest BCUT2D eigenvalue weighted by Crippen LogP contribution is 2.22. The topological polar surface area (TPSA) is 71.8 Å². The monoisotopic (exact) mass is 461 g/mol. The Bertz CT molecular complexity index is 1170. The fourth-order valence-corrected chi connectivity index (χ4v) is 3.52. The summed E-state index contributed by atoms with van der Waals surface area (Å²) < 4.78 is 2.98. The van der Waals surface area contributed by atoms with E-state index in [1.54, 1.807) is 18.6 Å². The molecule has 0 atom stereocenters. The third-order valence-corrected chi connectivity index (χ3v) is 5.13. The number of benzene rings is 2. The number of hydrogen-bond donors (Lipinski definition) is 2. The summed E-state index contributed by atoms with van der Waals surface area (Å²) in [5, 5.41) is 5.80. The molecule has 6 nitrogen and oxygen atoms in total. The molecular formula is C23H20BrN5O. The van der Waals surface area contributed by atoms with Gasteiger partial charge in [-0.05, 0) is 54.4 Å². The lowest BCUT2D eigenvalue weighted by atomic mass is 10.2. The zero-order valence-corrected chi connectivity index (χ0v) is 17.9. The maximum atomic E-state index is 12.5. The molecule has 4 rings (SSSR count). The molecule has 2 amide bonds. The first kappa shape index (κ1) is 19.8. The van der Waals surface area contributed by atoms with Crippen LogP contribution in [0.15, 0.2) is 83.9 Å². The standard InChI is InChI=1S/C23H20BrN5O/c1-16-5-6-19(24)14-21(16)28-23(30)27-20-4-2-3-17(13-20)15-29-12-11-26-22(29)18-7-9-25-10-8-18/h2-14H,15H2,1H3,(H2,27,28,30). The lowest BCUT2D eigenvalue weighted by Crippen LogP contribution is -2.20. The molecule has 2 aromatic heterocycles. The van der Waals surface area contributed by atoms with E-state index in [1.807, 2.05) is 67.7 Å². The van der Waals surface area contributed by atoms with Gasteiger partial charge in [0.2, 0.25) is 0 Å². The number of nitrogens with one attached hydrogen (secondary N) is 2. The number of carbonyl (C=O) groups excluding carboxylic acids is 1. The smallest absolute Gasteiger partial charge is 0.323 e. The Kier molecular flexibility index (Phi) is 5.90. The van der Waals surface area contributed by atoms with Crippen molar-refractivity contribution < 1.29 is 4.79 Å². The highest BCUT2D eigenvalue weighted by Gasteiger charge is 2.09. The van der Waals surface area contributed by atoms with Gasteiger partial charge in [0, 0.05) is 52.7 Å². The van der Waals surface area contributed by atoms with Gasteiger partial charge in [-0.1, -0.05) is 34.1 Å². The minimum Gasteiger partial charge on any atom is -0.327 e. The van der Waals surface area contributed by atoms with Crippen LogP contribution in [0.4, 0.5) is 16.2 Å². The molecule has 2 heterocycles. The molecule has 150 valence electrons. The van der Waals surface area contributed by atoms with Crippen molar-refractivity contribution in [3.63, 3.8) is 0 Å². The van der Waals surface area contributed by atoms with E-state index >= 15 is 0 Å². The molecule has 0 aliphatic rings. The summed E-state index contributed by atoms with van der Waals surface area (Å²) in [6.07, 6.45) is 7.24. The molecule has 4 aromatic rings. The van der Waals surface area contributed by atoms with Crippen molar-refractivity contribution in [1.29, 1.82) is 0 Å². The Hall–Kier alpha value is -3.45. The van der Waals surface area contributed by atoms with Crippen LogP contribution < -0.4 is 10.6 Å². The van der Waals surface area contributed by atoms with Crippen LogP contribution in [-0.4, -0.2) is 20.6 Å². The lowest BCUT2D eigenvalue weighted by Gasteiger charge is -2.12. The molecule has 0 saturated heterocycles. The Labute approximate surface area is 183 Å². The molecule has 0 bridgehead atoms. The van der Waals surface area contributed by atoms with Crippen LogP contribution in [0.1, 0.15) is 11.1 Å². The second kappa shape index (κ2) is 8.92. The fraction of sp³-hybridized carbons (Fsp3) is 0.0870. The number of pyridine rings is 1. The molecule has 7 heteroatoms. The summed E-state index contributed by atoms with van der Waals surface area (Å²) in [5.41, 5.74) is 4.54. The average Bonchev–Trinajstić information content (AvgIpc) is 3.20. The van der Waals surface area contributed by atoms with Crippen LogP contribution in [0.25, 0.3) is 11.4 Å². The predicted octanol–water partition coefficient (Wildman–Crippen LogP) is 5.71. The number of carbonyl (C=O) groups is 1. The summed E-state index contributed by atoms with van der Waals surface area (Å²) in [7, 11) is 0. The highest BCUT2D eigenvalue weighted by molar-refractivity contribution is 9.10. The van der Waals surface area contributed by atoms with Gasteiger partial charge in [-0.15, -0.1) is 0 Å². The molecule has 0 radical (unpaired) electrons. The van der Waals surface area contributed by atoms with Gasteiger partial charge in [0.25, 0.3) is 0 Å². The van der Waals surface area contributed by atoms with Crippen LogP contribution in [0.5, 0.6) is 0 Å². The lowest BCUT2D eigenvalue weighted by molar-refractivity contribution is 0.262. The molecule has 30 heavy (non-hydrogen) atoms. The third kappa shape index (κ3) is 4.75. The molecule has 0 fully saturated rings. The quantitative estimate of drug-likeness (QED) is 0.399. The van der Waals surface area contributed by atoms with Crippen molar-refractivity contribution in [2.75, 3.05) is 10.6 Å². The van der Waals surface area contributed by atoms with Crippen molar-refractivity contribution in [3.05, 3.63) is 95.0 Å². The minimum absolute atomic E-state index is 0.284. The fourth-order valence-electron chi connectivity index (χ4n) is 3.16. The predicted molar refractivity (Wildman–Crippen MR) is 123 cm³/mol. The van der Waals surface area contributed by atoms with E-state index in [0.717, 1.165) is 38.4 Å². The van der Waals surface area contributed by atoms with E-state index < -0.39 is 0 Å². The summed E-state index contributed by atoms with van der Waals surface area (Å²) in [6.45, 7) is 2.59. The summed E-state index contributed by atoms with van der Waals surface area (Å²) in [5.74, 6) is 0.874. The van der Waals surface area contributed by atoms with E-state index in [-0.39, 0.29) is 6.03 Å². The number of aromatic nitrogens is 3. The average molecular weight is 462 g/mol. The number of anilines is 2. The maximum Gasteiger partial charge on any atom is 0.323 e. The number of hydrogen-bond acceptors (Lipinski definition) is 3. The van der Waals surface area contributed by atoms with Crippen molar-refractivity contribution in [1.82, 2.24) is 14.5 Å². The van der Waals surface area contributed by atoms with Crippen LogP contribution in [0.2, 0.25) is 0 Å². The van der Waals surface area contributed by atoms with E-state index in [0.29, 0.717) is 6.54 Å². The SMILES string of the molecule is Cc1ccc(Br)cc1NC(=O)Nc1cccc(Cn2ccnc2-c2ccncc2)c1. The van der Waals surface area contributed by atoms with E-state index in [2.05, 4.69) is 41.1 Å². The molecule has 0 spiro atoms. The number of aryl methyl sites for hydroxylation is 1. The summed E-state index contributed by atoms with van der Waals surface area (Å²) in [4.78, 5) is 21.0. The Balaban J connectivity index is 1.47. The first-order valence-corrected chi connectivity index (χ1v) is 10.2. The second-order valence-corrected chi connectivity index (χ2v) is 7.77. The van der Waals surface area contributed by atoms with Gasteiger partial charge in [-0.2, -0.15) is 0 Å². The van der Waals surface area contributed by atoms with Crippen molar-refractivity contribution >= 4 is 33.3 Å². The third-order valence-electron chi connectivity index (χ3n) is 4.64. The van der Waals surface area contributed by atoms with Gasteiger partial charge in [0.05, 0.1) is 0 Å². The number of amides is 2. The molecule has 0 saturated carbocycles. The normalized spacial score (nSPS) is 10.6. The van der Waals surface area contributed by atoms with Crippen LogP contribution in [-0.2, 0) is 6.54 Å². The first-order chi connectivity index (χ1) is 14.6. The van der Waals surface area contributed by atoms with E-state index in [9.17, 15) is 4.79 Å². The molecule has 0 aliphatic carbocycles. The number of nitrogens with zero attached hydrogens (tertiary/aromatic N) is 3. The first-order valence-electron chi connectivity index (χ1n) is 9.43. The highest BCUT2D eigenvalue weighted by atomic mass is 79.9. The molecule has 2 N–H and O–H groups in total. The van der Waals surface area contributed by atoms with Gasteiger partial charge in [0.15, 0.2) is 0 Å². The number of halogens is 1. The maximum absolute atomic E-state index is 12.5. The van der Waals surface area contributed by atoms with Gasteiger partial charge >= 0.3 is 6.03 Å². The van der Waals surface area contributed by atoms with Gasteiger partial charge < -0.3 is 15.2 Å². The second-order valence-electron chi connectivity index (χ2n) is 6.85. The van der Waals surface area contributed by atoms with Gasteiger partial charge in [0.1, 0.15) is 5.82 Å². The van der Waals surface area contributed by atoms with Gasteiger partial charge in [-0.3, -0.25) is 4.98 Å². The van der Waals surface area contributed by atoms with Crippen LogP contribution in [0.3, 0.4) is 0 Å². The van der Waals surface area contributed by atoms with Crippen LogP contribution >= 0.6 is 15.9 Å². The van der Waals surface area contributed by atoms with Crippen molar-refractivity contribution in [2.24, 2.45) is 0 Å². The summed E-state index contributed by atoms with van der Waals surface area (Å²) in [6, 6.07) is 17.1. The largest absolute Gasteiger partial charge is 0.327 e. The summed E-state index contributed by atoms with van der Waals surface area (Å²) >= 11 is 3.43.